The SMILES string of the molecule is CC1(C)c2ccccc2-c2cc3ccc4cccc(N(c5ccccc5)c5ccc(-c6ccccc6)c(-c6ccccc6)c5)c4c3cc21. The fourth-order valence-electron chi connectivity index (χ4n) is 7.88. The number of benzene rings is 8. The van der Waals surface area contributed by atoms with Crippen LogP contribution in [-0.4, -0.2) is 0 Å². The summed E-state index contributed by atoms with van der Waals surface area (Å²) in [5.41, 5.74) is 13.7. The lowest BCUT2D eigenvalue weighted by Crippen LogP contribution is -2.15. The maximum absolute atomic E-state index is 2.48. The fourth-order valence-corrected chi connectivity index (χ4v) is 7.88. The third kappa shape index (κ3) is 4.47. The van der Waals surface area contributed by atoms with Crippen LogP contribution in [0, 0.1) is 0 Å². The van der Waals surface area contributed by atoms with Crippen LogP contribution in [-0.2, 0) is 5.41 Å². The molecule has 1 nitrogen and oxygen atoms in total. The molecule has 9 rings (SSSR count). The van der Waals surface area contributed by atoms with Crippen molar-refractivity contribution < 1.29 is 0 Å². The first-order valence-corrected chi connectivity index (χ1v) is 16.8. The first-order chi connectivity index (χ1) is 23.6. The van der Waals surface area contributed by atoms with Gasteiger partial charge in [-0.2, -0.15) is 0 Å². The van der Waals surface area contributed by atoms with Gasteiger partial charge in [-0.25, -0.2) is 0 Å². The van der Waals surface area contributed by atoms with Gasteiger partial charge in [0.1, 0.15) is 0 Å². The second-order valence-corrected chi connectivity index (χ2v) is 13.4. The second kappa shape index (κ2) is 11.1. The second-order valence-electron chi connectivity index (χ2n) is 13.4. The van der Waals surface area contributed by atoms with E-state index < -0.39 is 0 Å². The van der Waals surface area contributed by atoms with Crippen molar-refractivity contribution in [3.63, 3.8) is 0 Å². The Morgan fingerprint density at radius 1 is 0.396 bits per heavy atom. The molecule has 8 aromatic carbocycles. The summed E-state index contributed by atoms with van der Waals surface area (Å²) >= 11 is 0. The summed E-state index contributed by atoms with van der Waals surface area (Å²) < 4.78 is 0. The molecule has 1 aliphatic carbocycles. The van der Waals surface area contributed by atoms with Gasteiger partial charge < -0.3 is 4.90 Å². The molecule has 0 bridgehead atoms. The average molecular weight is 614 g/mol. The van der Waals surface area contributed by atoms with Crippen LogP contribution in [0.25, 0.3) is 54.9 Å². The topological polar surface area (TPSA) is 3.24 Å². The summed E-state index contributed by atoms with van der Waals surface area (Å²) in [6, 6.07) is 64.3. The van der Waals surface area contributed by atoms with E-state index in [4.69, 9.17) is 0 Å². The average Bonchev–Trinajstić information content (AvgIpc) is 3.37. The van der Waals surface area contributed by atoms with Gasteiger partial charge in [0.15, 0.2) is 0 Å². The van der Waals surface area contributed by atoms with Gasteiger partial charge >= 0.3 is 0 Å². The number of nitrogens with zero attached hydrogens (tertiary/aromatic N) is 1. The van der Waals surface area contributed by atoms with Crippen LogP contribution >= 0.6 is 0 Å². The van der Waals surface area contributed by atoms with E-state index in [1.54, 1.807) is 0 Å². The molecule has 48 heavy (non-hydrogen) atoms. The van der Waals surface area contributed by atoms with Crippen molar-refractivity contribution >= 4 is 38.6 Å². The maximum Gasteiger partial charge on any atom is 0.0546 e. The number of anilines is 3. The molecule has 228 valence electrons. The molecule has 0 N–H and O–H groups in total. The zero-order valence-corrected chi connectivity index (χ0v) is 27.2. The maximum atomic E-state index is 2.48. The number of fused-ring (bicyclic) bond motifs is 6. The highest BCUT2D eigenvalue weighted by molar-refractivity contribution is 6.16. The number of rotatable bonds is 5. The van der Waals surface area contributed by atoms with Gasteiger partial charge in [-0.3, -0.25) is 0 Å². The van der Waals surface area contributed by atoms with E-state index in [-0.39, 0.29) is 5.41 Å². The predicted octanol–water partition coefficient (Wildman–Crippen LogP) is 13.1. The molecule has 1 aliphatic rings. The lowest BCUT2D eigenvalue weighted by Gasteiger charge is -2.29. The molecule has 0 spiro atoms. The number of hydrogen-bond donors (Lipinski definition) is 0. The van der Waals surface area contributed by atoms with Gasteiger partial charge in [-0.1, -0.05) is 147 Å². The van der Waals surface area contributed by atoms with E-state index in [0.29, 0.717) is 0 Å². The Hall–Kier alpha value is -5.92. The van der Waals surface area contributed by atoms with E-state index in [0.717, 1.165) is 11.4 Å². The highest BCUT2D eigenvalue weighted by Crippen LogP contribution is 2.51. The zero-order chi connectivity index (χ0) is 32.2. The summed E-state index contributed by atoms with van der Waals surface area (Å²) in [6.07, 6.45) is 0. The molecule has 0 fully saturated rings. The number of hydrogen-bond acceptors (Lipinski definition) is 1. The fraction of sp³-hybridized carbons (Fsp3) is 0.0638. The highest BCUT2D eigenvalue weighted by Gasteiger charge is 2.35. The Balaban J connectivity index is 1.32. The van der Waals surface area contributed by atoms with Gasteiger partial charge in [0.2, 0.25) is 0 Å². The van der Waals surface area contributed by atoms with Crippen LogP contribution in [0.15, 0.2) is 176 Å². The summed E-state index contributed by atoms with van der Waals surface area (Å²) in [5, 5.41) is 5.05. The van der Waals surface area contributed by atoms with Gasteiger partial charge in [0.05, 0.1) is 5.69 Å². The molecule has 0 heterocycles. The van der Waals surface area contributed by atoms with Gasteiger partial charge in [0, 0.05) is 22.2 Å². The van der Waals surface area contributed by atoms with Crippen LogP contribution in [0.2, 0.25) is 0 Å². The molecule has 0 radical (unpaired) electrons. The Bertz CT molecular complexity index is 2460. The minimum Gasteiger partial charge on any atom is -0.310 e. The van der Waals surface area contributed by atoms with Gasteiger partial charge in [-0.05, 0) is 103 Å². The van der Waals surface area contributed by atoms with Crippen molar-refractivity contribution in [2.75, 3.05) is 4.90 Å². The molecule has 0 saturated carbocycles. The first kappa shape index (κ1) is 28.3. The molecule has 0 saturated heterocycles. The van der Waals surface area contributed by atoms with Crippen molar-refractivity contribution in [1.29, 1.82) is 0 Å². The van der Waals surface area contributed by atoms with Crippen LogP contribution in [0.4, 0.5) is 17.1 Å². The molecule has 0 unspecified atom stereocenters. The zero-order valence-electron chi connectivity index (χ0n) is 27.2. The van der Waals surface area contributed by atoms with Crippen LogP contribution in [0.3, 0.4) is 0 Å². The third-order valence-corrected chi connectivity index (χ3v) is 10.2. The van der Waals surface area contributed by atoms with Crippen molar-refractivity contribution in [2.24, 2.45) is 0 Å². The molecular weight excluding hydrogens is 579 g/mol. The Kier molecular flexibility index (Phi) is 6.55. The van der Waals surface area contributed by atoms with E-state index in [1.165, 1.54) is 71.7 Å². The molecule has 1 heteroatoms. The van der Waals surface area contributed by atoms with Crippen LogP contribution in [0.1, 0.15) is 25.0 Å². The summed E-state index contributed by atoms with van der Waals surface area (Å²) in [5.74, 6) is 0. The van der Waals surface area contributed by atoms with Gasteiger partial charge in [0.25, 0.3) is 0 Å². The summed E-state index contributed by atoms with van der Waals surface area (Å²) in [7, 11) is 0. The van der Waals surface area contributed by atoms with E-state index in [2.05, 4.69) is 195 Å². The third-order valence-electron chi connectivity index (χ3n) is 10.2. The Labute approximate surface area is 282 Å². The molecular formula is C47H35N. The standard InChI is InChI=1S/C47H35N/c1-47(2)43-23-13-12-22-39(43)42-29-35-26-25-34-19-14-24-45(46(34)41(35)31-44(42)47)48(36-20-10-5-11-21-36)37-27-28-38(32-15-6-3-7-16-32)40(30-37)33-17-8-4-9-18-33/h3-31H,1-2H3. The first-order valence-electron chi connectivity index (χ1n) is 16.8. The van der Waals surface area contributed by atoms with E-state index in [9.17, 15) is 0 Å². The van der Waals surface area contributed by atoms with E-state index >= 15 is 0 Å². The quantitative estimate of drug-likeness (QED) is 0.175. The predicted molar refractivity (Wildman–Crippen MR) is 205 cm³/mol. The smallest absolute Gasteiger partial charge is 0.0546 e. The number of para-hydroxylation sites is 1. The lowest BCUT2D eigenvalue weighted by molar-refractivity contribution is 0.661. The van der Waals surface area contributed by atoms with Crippen LogP contribution in [0.5, 0.6) is 0 Å². The van der Waals surface area contributed by atoms with Crippen molar-refractivity contribution in [3.8, 4) is 33.4 Å². The molecule has 0 aliphatic heterocycles. The minimum absolute atomic E-state index is 0.0752. The molecule has 0 aromatic heterocycles. The van der Waals surface area contributed by atoms with Crippen LogP contribution < -0.4 is 4.90 Å². The lowest BCUT2D eigenvalue weighted by atomic mass is 9.81. The normalized spacial score (nSPS) is 13.0. The van der Waals surface area contributed by atoms with Crippen molar-refractivity contribution in [1.82, 2.24) is 0 Å². The highest BCUT2D eigenvalue weighted by atomic mass is 15.1. The van der Waals surface area contributed by atoms with E-state index in [1.807, 2.05) is 0 Å². The minimum atomic E-state index is -0.0752. The monoisotopic (exact) mass is 613 g/mol. The molecule has 8 aromatic rings. The van der Waals surface area contributed by atoms with Crippen molar-refractivity contribution in [3.05, 3.63) is 187 Å². The Morgan fingerprint density at radius 3 is 1.79 bits per heavy atom. The van der Waals surface area contributed by atoms with Gasteiger partial charge in [-0.15, -0.1) is 0 Å². The molecule has 0 amide bonds. The van der Waals surface area contributed by atoms with Crippen molar-refractivity contribution in [2.45, 2.75) is 19.3 Å². The Morgan fingerprint density at radius 2 is 1.04 bits per heavy atom. The summed E-state index contributed by atoms with van der Waals surface area (Å²) in [6.45, 7) is 4.73. The largest absolute Gasteiger partial charge is 0.310 e. The summed E-state index contributed by atoms with van der Waals surface area (Å²) in [4.78, 5) is 2.44. The molecule has 0 atom stereocenters.